The van der Waals surface area contributed by atoms with E-state index in [1.54, 1.807) is 0 Å². The van der Waals surface area contributed by atoms with Gasteiger partial charge < -0.3 is 16.0 Å². The summed E-state index contributed by atoms with van der Waals surface area (Å²) in [5.41, 5.74) is 7.83. The molecule has 3 saturated heterocycles. The first-order valence-electron chi connectivity index (χ1n) is 6.72. The number of nitrogens with one attached hydrogen (secondary N) is 1. The minimum Gasteiger partial charge on any atom is -0.389 e. The molecule has 0 saturated carbocycles. The molecule has 3 fully saturated rings. The minimum absolute atomic E-state index is 0.441. The Morgan fingerprint density at radius 2 is 2.11 bits per heavy atom. The molecular weight excluding hydrogens is 322 g/mol. The van der Waals surface area contributed by atoms with Gasteiger partial charge in [0.2, 0.25) is 0 Å². The first-order valence-corrected chi connectivity index (χ1v) is 7.92. The van der Waals surface area contributed by atoms with Crippen molar-refractivity contribution in [2.45, 2.75) is 18.9 Å². The Labute approximate surface area is 127 Å². The van der Waals surface area contributed by atoms with Crippen LogP contribution in [0, 0.1) is 5.92 Å². The van der Waals surface area contributed by atoms with Gasteiger partial charge in [-0.2, -0.15) is 0 Å². The summed E-state index contributed by atoms with van der Waals surface area (Å²) in [6.07, 6.45) is 2.60. The smallest absolute Gasteiger partial charge is 0.107 e. The van der Waals surface area contributed by atoms with Gasteiger partial charge in [0, 0.05) is 28.3 Å². The zero-order chi connectivity index (χ0) is 13.4. The van der Waals surface area contributed by atoms with Gasteiger partial charge >= 0.3 is 0 Å². The SMILES string of the molecule is NC(=S)c1c(Br)cccc1NC1CN2CCC1CC2. The van der Waals surface area contributed by atoms with Gasteiger partial charge in [-0.05, 0) is 59.9 Å². The quantitative estimate of drug-likeness (QED) is 0.830. The number of fused-ring (bicyclic) bond motifs is 3. The third-order valence-corrected chi connectivity index (χ3v) is 5.12. The molecule has 1 atom stereocenters. The third-order valence-electron chi connectivity index (χ3n) is 4.26. The van der Waals surface area contributed by atoms with Gasteiger partial charge in [-0.1, -0.05) is 18.3 Å². The molecule has 3 aliphatic heterocycles. The van der Waals surface area contributed by atoms with E-state index < -0.39 is 0 Å². The number of hydrogen-bond acceptors (Lipinski definition) is 3. The third kappa shape index (κ3) is 2.64. The van der Waals surface area contributed by atoms with Crippen molar-refractivity contribution in [2.24, 2.45) is 11.7 Å². The normalized spacial score (nSPS) is 29.2. The van der Waals surface area contributed by atoms with E-state index in [1.165, 1.54) is 25.9 Å². The van der Waals surface area contributed by atoms with Gasteiger partial charge in [-0.15, -0.1) is 0 Å². The number of halogens is 1. The van der Waals surface area contributed by atoms with Crippen LogP contribution in [0.3, 0.4) is 0 Å². The lowest BCUT2D eigenvalue weighted by Crippen LogP contribution is -2.53. The highest BCUT2D eigenvalue weighted by molar-refractivity contribution is 9.10. The maximum Gasteiger partial charge on any atom is 0.107 e. The van der Waals surface area contributed by atoms with E-state index in [-0.39, 0.29) is 0 Å². The number of thiocarbonyl (C=S) groups is 1. The molecule has 0 aliphatic carbocycles. The zero-order valence-corrected chi connectivity index (χ0v) is 13.1. The number of nitrogens with zero attached hydrogens (tertiary/aromatic N) is 1. The predicted octanol–water partition coefficient (Wildman–Crippen LogP) is 2.59. The molecule has 19 heavy (non-hydrogen) atoms. The lowest BCUT2D eigenvalue weighted by atomic mass is 9.84. The van der Waals surface area contributed by atoms with Crippen molar-refractivity contribution < 1.29 is 0 Å². The average molecular weight is 340 g/mol. The highest BCUT2D eigenvalue weighted by Crippen LogP contribution is 2.32. The maximum absolute atomic E-state index is 5.85. The van der Waals surface area contributed by atoms with Crippen LogP contribution in [0.4, 0.5) is 5.69 Å². The van der Waals surface area contributed by atoms with Gasteiger partial charge in [0.05, 0.1) is 0 Å². The van der Waals surface area contributed by atoms with Crippen molar-refractivity contribution in [3.05, 3.63) is 28.2 Å². The average Bonchev–Trinajstić information content (AvgIpc) is 2.39. The maximum atomic E-state index is 5.85. The Bertz CT molecular complexity index is 497. The molecule has 0 radical (unpaired) electrons. The largest absolute Gasteiger partial charge is 0.389 e. The fourth-order valence-corrected chi connectivity index (χ4v) is 4.15. The highest BCUT2D eigenvalue weighted by atomic mass is 79.9. The van der Waals surface area contributed by atoms with Gasteiger partial charge in [0.15, 0.2) is 0 Å². The minimum atomic E-state index is 0.441. The lowest BCUT2D eigenvalue weighted by molar-refractivity contribution is 0.0975. The first kappa shape index (κ1) is 13.3. The molecule has 0 spiro atoms. The summed E-state index contributed by atoms with van der Waals surface area (Å²) >= 11 is 8.70. The number of hydrogen-bond donors (Lipinski definition) is 2. The second-order valence-electron chi connectivity index (χ2n) is 5.42. The topological polar surface area (TPSA) is 41.3 Å². The molecule has 2 bridgehead atoms. The number of nitrogens with two attached hydrogens (primary N) is 1. The van der Waals surface area contributed by atoms with E-state index in [9.17, 15) is 0 Å². The molecule has 1 aromatic rings. The van der Waals surface area contributed by atoms with Crippen LogP contribution in [-0.4, -0.2) is 35.6 Å². The van der Waals surface area contributed by atoms with Crippen molar-refractivity contribution in [1.82, 2.24) is 4.90 Å². The second kappa shape index (κ2) is 5.38. The van der Waals surface area contributed by atoms with Crippen LogP contribution in [0.5, 0.6) is 0 Å². The molecule has 3 nitrogen and oxygen atoms in total. The molecule has 0 aromatic heterocycles. The van der Waals surface area contributed by atoms with Crippen LogP contribution >= 0.6 is 28.1 Å². The molecule has 3 aliphatic rings. The van der Waals surface area contributed by atoms with Crippen LogP contribution in [0.1, 0.15) is 18.4 Å². The highest BCUT2D eigenvalue weighted by Gasteiger charge is 2.34. The Morgan fingerprint density at radius 3 is 2.68 bits per heavy atom. The summed E-state index contributed by atoms with van der Waals surface area (Å²) in [5.74, 6) is 0.781. The monoisotopic (exact) mass is 339 g/mol. The molecule has 102 valence electrons. The lowest BCUT2D eigenvalue weighted by Gasteiger charge is -2.45. The molecule has 5 heteroatoms. The van der Waals surface area contributed by atoms with Gasteiger partial charge in [-0.25, -0.2) is 0 Å². The van der Waals surface area contributed by atoms with Crippen molar-refractivity contribution >= 4 is 38.8 Å². The van der Waals surface area contributed by atoms with E-state index in [0.29, 0.717) is 11.0 Å². The summed E-state index contributed by atoms with van der Waals surface area (Å²) in [6.45, 7) is 3.64. The van der Waals surface area contributed by atoms with Gasteiger partial charge in [0.25, 0.3) is 0 Å². The van der Waals surface area contributed by atoms with E-state index >= 15 is 0 Å². The number of piperidine rings is 3. The Hall–Kier alpha value is -0.650. The number of anilines is 1. The van der Waals surface area contributed by atoms with Crippen molar-refractivity contribution in [3.63, 3.8) is 0 Å². The summed E-state index contributed by atoms with van der Waals surface area (Å²) in [7, 11) is 0. The van der Waals surface area contributed by atoms with E-state index in [1.807, 2.05) is 12.1 Å². The fraction of sp³-hybridized carbons (Fsp3) is 0.500. The summed E-state index contributed by atoms with van der Waals surface area (Å²) < 4.78 is 0.964. The first-order chi connectivity index (χ1) is 9.15. The number of benzene rings is 1. The van der Waals surface area contributed by atoms with Crippen LogP contribution in [0.15, 0.2) is 22.7 Å². The van der Waals surface area contributed by atoms with Gasteiger partial charge in [-0.3, -0.25) is 0 Å². The molecule has 1 aromatic carbocycles. The van der Waals surface area contributed by atoms with E-state index in [0.717, 1.165) is 28.2 Å². The molecular formula is C14H18BrN3S. The van der Waals surface area contributed by atoms with Crippen molar-refractivity contribution in [3.8, 4) is 0 Å². The van der Waals surface area contributed by atoms with E-state index in [4.69, 9.17) is 18.0 Å². The van der Waals surface area contributed by atoms with Crippen LogP contribution < -0.4 is 11.1 Å². The fourth-order valence-electron chi connectivity index (χ4n) is 3.22. The second-order valence-corrected chi connectivity index (χ2v) is 6.71. The van der Waals surface area contributed by atoms with Gasteiger partial charge in [0.1, 0.15) is 4.99 Å². The molecule has 4 rings (SSSR count). The Morgan fingerprint density at radius 1 is 1.37 bits per heavy atom. The standard InChI is InChI=1S/C14H18BrN3S/c15-10-2-1-3-11(13(10)14(16)19)17-12-8-18-6-4-9(12)5-7-18/h1-3,9,12,17H,4-8H2,(H2,16,19). The zero-order valence-electron chi connectivity index (χ0n) is 10.7. The Kier molecular flexibility index (Phi) is 3.78. The molecule has 0 amide bonds. The Balaban J connectivity index is 1.84. The van der Waals surface area contributed by atoms with Crippen LogP contribution in [0.25, 0.3) is 0 Å². The van der Waals surface area contributed by atoms with Crippen LogP contribution in [-0.2, 0) is 0 Å². The van der Waals surface area contributed by atoms with Crippen LogP contribution in [0.2, 0.25) is 0 Å². The summed E-state index contributed by atoms with van der Waals surface area (Å²) in [4.78, 5) is 2.98. The molecule has 3 N–H and O–H groups in total. The molecule has 1 unspecified atom stereocenters. The summed E-state index contributed by atoms with van der Waals surface area (Å²) in [5, 5.41) is 3.66. The number of rotatable bonds is 3. The van der Waals surface area contributed by atoms with E-state index in [2.05, 4.69) is 32.2 Å². The summed E-state index contributed by atoms with van der Waals surface area (Å²) in [6, 6.07) is 6.59. The predicted molar refractivity (Wildman–Crippen MR) is 86.6 cm³/mol. The molecule has 3 heterocycles. The van der Waals surface area contributed by atoms with Crippen molar-refractivity contribution in [2.75, 3.05) is 25.0 Å². The van der Waals surface area contributed by atoms with Crippen molar-refractivity contribution in [1.29, 1.82) is 0 Å².